The van der Waals surface area contributed by atoms with Crippen LogP contribution < -0.4 is 10.1 Å². The maximum Gasteiger partial charge on any atom is 0.258 e. The van der Waals surface area contributed by atoms with Crippen LogP contribution in [0.2, 0.25) is 5.02 Å². The molecule has 5 nitrogen and oxygen atoms in total. The van der Waals surface area contributed by atoms with Crippen LogP contribution in [0.15, 0.2) is 48.5 Å². The highest BCUT2D eigenvalue weighted by Gasteiger charge is 2.35. The Morgan fingerprint density at radius 2 is 1.88 bits per heavy atom. The normalized spacial score (nSPS) is 16.6. The summed E-state index contributed by atoms with van der Waals surface area (Å²) in [5, 5.41) is 3.46. The molecule has 1 aliphatic rings. The number of carbonyl (C=O) groups is 2. The fourth-order valence-electron chi connectivity index (χ4n) is 3.02. The molecule has 1 heterocycles. The van der Waals surface area contributed by atoms with Crippen molar-refractivity contribution >= 4 is 29.1 Å². The zero-order valence-electron chi connectivity index (χ0n) is 13.9. The molecule has 2 amide bonds. The summed E-state index contributed by atoms with van der Waals surface area (Å²) in [6.07, 6.45) is 1.43. The molecule has 1 atom stereocenters. The van der Waals surface area contributed by atoms with Gasteiger partial charge < -0.3 is 15.0 Å². The zero-order valence-corrected chi connectivity index (χ0v) is 14.6. The predicted molar refractivity (Wildman–Crippen MR) is 97.1 cm³/mol. The zero-order chi connectivity index (χ0) is 17.8. The van der Waals surface area contributed by atoms with Crippen molar-refractivity contribution in [3.63, 3.8) is 0 Å². The van der Waals surface area contributed by atoms with Crippen molar-refractivity contribution in [2.75, 3.05) is 19.0 Å². The lowest BCUT2D eigenvalue weighted by atomic mass is 10.1. The van der Waals surface area contributed by atoms with Crippen molar-refractivity contribution in [3.05, 3.63) is 59.1 Å². The number of carbonyl (C=O) groups excluding carboxylic acids is 2. The number of hydrogen-bond acceptors (Lipinski definition) is 3. The summed E-state index contributed by atoms with van der Waals surface area (Å²) in [5.74, 6) is 0.130. The minimum atomic E-state index is -0.493. The largest absolute Gasteiger partial charge is 0.496 e. The van der Waals surface area contributed by atoms with E-state index in [4.69, 9.17) is 16.3 Å². The Hall–Kier alpha value is -2.53. The van der Waals surface area contributed by atoms with Gasteiger partial charge in [-0.3, -0.25) is 9.59 Å². The van der Waals surface area contributed by atoms with Gasteiger partial charge in [-0.05, 0) is 49.2 Å². The van der Waals surface area contributed by atoms with Crippen LogP contribution in [0.25, 0.3) is 0 Å². The second-order valence-corrected chi connectivity index (χ2v) is 6.29. The smallest absolute Gasteiger partial charge is 0.258 e. The third-order valence-electron chi connectivity index (χ3n) is 4.27. The van der Waals surface area contributed by atoms with Gasteiger partial charge in [0.1, 0.15) is 11.8 Å². The molecule has 0 aliphatic carbocycles. The number of nitrogens with zero attached hydrogens (tertiary/aromatic N) is 1. The molecule has 0 unspecified atom stereocenters. The van der Waals surface area contributed by atoms with Crippen LogP contribution in [-0.2, 0) is 4.79 Å². The second kappa shape index (κ2) is 7.57. The third-order valence-corrected chi connectivity index (χ3v) is 4.52. The highest BCUT2D eigenvalue weighted by atomic mass is 35.5. The molecule has 0 saturated carbocycles. The predicted octanol–water partition coefficient (Wildman–Crippen LogP) is 3.59. The lowest BCUT2D eigenvalue weighted by Crippen LogP contribution is -2.43. The second-order valence-electron chi connectivity index (χ2n) is 5.85. The summed E-state index contributed by atoms with van der Waals surface area (Å²) < 4.78 is 5.27. The number of para-hydroxylation sites is 1. The maximum absolute atomic E-state index is 12.9. The van der Waals surface area contributed by atoms with Gasteiger partial charge >= 0.3 is 0 Å². The highest BCUT2D eigenvalue weighted by molar-refractivity contribution is 6.30. The minimum Gasteiger partial charge on any atom is -0.496 e. The van der Waals surface area contributed by atoms with E-state index in [2.05, 4.69) is 5.32 Å². The monoisotopic (exact) mass is 358 g/mol. The first-order chi connectivity index (χ1) is 12.1. The number of likely N-dealkylation sites (tertiary alicyclic amines) is 1. The van der Waals surface area contributed by atoms with E-state index < -0.39 is 6.04 Å². The summed E-state index contributed by atoms with van der Waals surface area (Å²) >= 11 is 5.86. The van der Waals surface area contributed by atoms with Gasteiger partial charge in [0.2, 0.25) is 5.91 Å². The number of rotatable bonds is 4. The number of hydrogen-bond donors (Lipinski definition) is 1. The van der Waals surface area contributed by atoms with Crippen molar-refractivity contribution in [1.29, 1.82) is 0 Å². The molecule has 3 rings (SSSR count). The molecule has 1 N–H and O–H groups in total. The Labute approximate surface area is 151 Å². The van der Waals surface area contributed by atoms with Gasteiger partial charge in [-0.2, -0.15) is 0 Å². The molecule has 0 spiro atoms. The van der Waals surface area contributed by atoms with Crippen molar-refractivity contribution in [3.8, 4) is 5.75 Å². The van der Waals surface area contributed by atoms with E-state index in [-0.39, 0.29) is 11.8 Å². The van der Waals surface area contributed by atoms with Crippen molar-refractivity contribution in [1.82, 2.24) is 4.90 Å². The fraction of sp³-hybridized carbons (Fsp3) is 0.263. The quantitative estimate of drug-likeness (QED) is 0.908. The minimum absolute atomic E-state index is 0.189. The summed E-state index contributed by atoms with van der Waals surface area (Å²) in [6, 6.07) is 13.5. The number of methoxy groups -OCH3 is 1. The van der Waals surface area contributed by atoms with Gasteiger partial charge in [0.25, 0.3) is 5.91 Å². The Morgan fingerprint density at radius 3 is 2.60 bits per heavy atom. The average molecular weight is 359 g/mol. The number of amides is 2. The van der Waals surface area contributed by atoms with Gasteiger partial charge in [0, 0.05) is 17.3 Å². The number of nitrogens with one attached hydrogen (secondary N) is 1. The highest BCUT2D eigenvalue weighted by Crippen LogP contribution is 2.26. The van der Waals surface area contributed by atoms with Crippen LogP contribution >= 0.6 is 11.6 Å². The molecule has 0 radical (unpaired) electrons. The molecular weight excluding hydrogens is 340 g/mol. The first kappa shape index (κ1) is 17.3. The van der Waals surface area contributed by atoms with Crippen molar-refractivity contribution < 1.29 is 14.3 Å². The first-order valence-electron chi connectivity index (χ1n) is 8.10. The molecule has 0 aromatic heterocycles. The molecule has 130 valence electrons. The lowest BCUT2D eigenvalue weighted by Gasteiger charge is -2.24. The van der Waals surface area contributed by atoms with Crippen LogP contribution in [0.5, 0.6) is 5.75 Å². The van der Waals surface area contributed by atoms with Crippen LogP contribution in [0.1, 0.15) is 23.2 Å². The van der Waals surface area contributed by atoms with Gasteiger partial charge in [-0.1, -0.05) is 23.7 Å². The van der Waals surface area contributed by atoms with Gasteiger partial charge in [-0.25, -0.2) is 0 Å². The van der Waals surface area contributed by atoms with Crippen molar-refractivity contribution in [2.24, 2.45) is 0 Å². The number of anilines is 1. The summed E-state index contributed by atoms with van der Waals surface area (Å²) in [5.41, 5.74) is 1.13. The van der Waals surface area contributed by atoms with Crippen LogP contribution in [-0.4, -0.2) is 36.4 Å². The standard InChI is InChI=1S/C19H19ClN2O3/c1-25-17-7-3-2-5-15(17)19(24)22-12-4-6-16(22)18(23)21-14-10-8-13(20)9-11-14/h2-3,5,7-11,16H,4,6,12H2,1H3,(H,21,23)/t16-/m1/s1. The molecule has 6 heteroatoms. The Kier molecular flexibility index (Phi) is 5.24. The van der Waals surface area contributed by atoms with Crippen LogP contribution in [0.4, 0.5) is 5.69 Å². The summed E-state index contributed by atoms with van der Waals surface area (Å²) in [7, 11) is 1.53. The van der Waals surface area contributed by atoms with E-state index in [0.717, 1.165) is 6.42 Å². The molecule has 2 aromatic carbocycles. The summed E-state index contributed by atoms with van der Waals surface area (Å²) in [4.78, 5) is 27.1. The Morgan fingerprint density at radius 1 is 1.16 bits per heavy atom. The first-order valence-corrected chi connectivity index (χ1v) is 8.48. The molecule has 1 saturated heterocycles. The molecule has 1 aliphatic heterocycles. The summed E-state index contributed by atoms with van der Waals surface area (Å²) in [6.45, 7) is 0.551. The molecule has 1 fully saturated rings. The SMILES string of the molecule is COc1ccccc1C(=O)N1CCC[C@@H]1C(=O)Nc1ccc(Cl)cc1. The van der Waals surface area contributed by atoms with Crippen LogP contribution in [0, 0.1) is 0 Å². The van der Waals surface area contributed by atoms with Crippen molar-refractivity contribution in [2.45, 2.75) is 18.9 Å². The van der Waals surface area contributed by atoms with Gasteiger partial charge in [0.15, 0.2) is 0 Å². The van der Waals surface area contributed by atoms with E-state index >= 15 is 0 Å². The third kappa shape index (κ3) is 3.77. The maximum atomic E-state index is 12.9. The number of benzene rings is 2. The molecular formula is C19H19ClN2O3. The Balaban J connectivity index is 1.76. The molecule has 0 bridgehead atoms. The topological polar surface area (TPSA) is 58.6 Å². The van der Waals surface area contributed by atoms with E-state index in [9.17, 15) is 9.59 Å². The Bertz CT molecular complexity index is 776. The number of halogens is 1. The molecule has 2 aromatic rings. The van der Waals surface area contributed by atoms with Gasteiger partial charge in [0.05, 0.1) is 12.7 Å². The van der Waals surface area contributed by atoms with E-state index in [0.29, 0.717) is 35.0 Å². The fourth-order valence-corrected chi connectivity index (χ4v) is 3.14. The molecule has 25 heavy (non-hydrogen) atoms. The number of ether oxygens (including phenoxy) is 1. The van der Waals surface area contributed by atoms with E-state index in [1.165, 1.54) is 7.11 Å². The van der Waals surface area contributed by atoms with Crippen LogP contribution in [0.3, 0.4) is 0 Å². The lowest BCUT2D eigenvalue weighted by molar-refractivity contribution is -0.119. The average Bonchev–Trinajstić information content (AvgIpc) is 3.13. The van der Waals surface area contributed by atoms with E-state index in [1.54, 1.807) is 47.4 Å². The van der Waals surface area contributed by atoms with E-state index in [1.807, 2.05) is 6.07 Å². The van der Waals surface area contributed by atoms with Gasteiger partial charge in [-0.15, -0.1) is 0 Å².